The molecule has 2 aromatic rings. The van der Waals surface area contributed by atoms with Gasteiger partial charge in [0.1, 0.15) is 23.2 Å². The maximum atomic E-state index is 12.6. The lowest BCUT2D eigenvalue weighted by molar-refractivity contribution is -0.274. The van der Waals surface area contributed by atoms with Crippen molar-refractivity contribution in [1.82, 2.24) is 15.0 Å². The molecule has 8 nitrogen and oxygen atoms in total. The van der Waals surface area contributed by atoms with Gasteiger partial charge in [0.05, 0.1) is 6.20 Å². The number of hydroxylamine groups is 2. The largest absolute Gasteiger partial charge is 0.573 e. The summed E-state index contributed by atoms with van der Waals surface area (Å²) >= 11 is 2.34. The number of ether oxygens (including phenoxy) is 1. The second kappa shape index (κ2) is 11.7. The van der Waals surface area contributed by atoms with Crippen molar-refractivity contribution >= 4 is 34.4 Å². The van der Waals surface area contributed by atoms with Gasteiger partial charge < -0.3 is 20.6 Å². The molecule has 1 saturated heterocycles. The van der Waals surface area contributed by atoms with Crippen molar-refractivity contribution in [3.8, 4) is 11.8 Å². The van der Waals surface area contributed by atoms with Crippen molar-refractivity contribution in [3.05, 3.63) is 41.6 Å². The summed E-state index contributed by atoms with van der Waals surface area (Å²) in [5.41, 5.74) is 0.535. The van der Waals surface area contributed by atoms with Gasteiger partial charge in [0.25, 0.3) is 0 Å². The van der Waals surface area contributed by atoms with Gasteiger partial charge in [0.15, 0.2) is 0 Å². The van der Waals surface area contributed by atoms with Crippen LogP contribution in [0.4, 0.5) is 24.9 Å². The number of para-hydroxylation sites is 1. The zero-order valence-electron chi connectivity index (χ0n) is 17.6. The van der Waals surface area contributed by atoms with E-state index in [1.165, 1.54) is 29.5 Å². The molecule has 0 amide bonds. The fourth-order valence-electron chi connectivity index (χ4n) is 3.77. The summed E-state index contributed by atoms with van der Waals surface area (Å²) in [7, 11) is 0. The number of hydrogen-bond acceptors (Lipinski definition) is 8. The number of nitriles is 1. The summed E-state index contributed by atoms with van der Waals surface area (Å²) in [4.78, 5) is 8.42. The van der Waals surface area contributed by atoms with Crippen LogP contribution in [0.2, 0.25) is 0 Å². The van der Waals surface area contributed by atoms with Gasteiger partial charge in [0.2, 0.25) is 5.95 Å². The molecule has 1 aliphatic heterocycles. The first-order valence-corrected chi connectivity index (χ1v) is 11.9. The third kappa shape index (κ3) is 7.58. The van der Waals surface area contributed by atoms with E-state index in [-0.39, 0.29) is 35.3 Å². The predicted molar refractivity (Wildman–Crippen MR) is 124 cm³/mol. The Morgan fingerprint density at radius 3 is 2.79 bits per heavy atom. The van der Waals surface area contributed by atoms with Crippen LogP contribution in [0, 0.1) is 23.2 Å². The normalized spacial score (nSPS) is 19.0. The van der Waals surface area contributed by atoms with Crippen LogP contribution in [0.15, 0.2) is 30.5 Å². The molecule has 0 saturated carbocycles. The van der Waals surface area contributed by atoms with Crippen molar-refractivity contribution in [2.45, 2.75) is 25.7 Å². The lowest BCUT2D eigenvalue weighted by Crippen LogP contribution is -2.41. The van der Waals surface area contributed by atoms with Crippen LogP contribution in [0.1, 0.15) is 24.0 Å². The number of nitrogens with zero attached hydrogens (tertiary/aromatic N) is 4. The van der Waals surface area contributed by atoms with Crippen molar-refractivity contribution in [2.75, 3.05) is 34.7 Å². The van der Waals surface area contributed by atoms with Crippen molar-refractivity contribution in [1.29, 1.82) is 5.26 Å². The Kier molecular flexibility index (Phi) is 8.93. The molecule has 3 N–H and O–H groups in total. The maximum absolute atomic E-state index is 12.6. The molecule has 2 unspecified atom stereocenters. The number of benzene rings is 1. The molecule has 0 radical (unpaired) electrons. The Bertz CT molecular complexity index is 972. The lowest BCUT2D eigenvalue weighted by Gasteiger charge is -2.35. The van der Waals surface area contributed by atoms with Gasteiger partial charge in [-0.15, -0.1) is 13.2 Å². The molecule has 178 valence electrons. The minimum absolute atomic E-state index is 0.00255. The highest BCUT2D eigenvalue weighted by Gasteiger charge is 2.32. The Morgan fingerprint density at radius 1 is 1.27 bits per heavy atom. The Labute approximate surface area is 203 Å². The van der Waals surface area contributed by atoms with E-state index < -0.39 is 6.36 Å². The number of hydrogen-bond donors (Lipinski definition) is 3. The third-order valence-corrected chi connectivity index (χ3v) is 6.05. The zero-order valence-corrected chi connectivity index (χ0v) is 19.8. The molecule has 3 rings (SSSR count). The molecule has 0 aliphatic carbocycles. The number of aromatic nitrogens is 2. The fourth-order valence-corrected chi connectivity index (χ4v) is 4.57. The van der Waals surface area contributed by atoms with E-state index in [2.05, 4.69) is 47.9 Å². The molecule has 2 atom stereocenters. The van der Waals surface area contributed by atoms with Crippen LogP contribution in [0.25, 0.3) is 0 Å². The third-order valence-electron chi connectivity index (χ3n) is 5.43. The highest BCUT2D eigenvalue weighted by molar-refractivity contribution is 14.1. The van der Waals surface area contributed by atoms with Crippen LogP contribution in [-0.4, -0.2) is 50.7 Å². The Balaban J connectivity index is 1.68. The van der Waals surface area contributed by atoms with Gasteiger partial charge in [0, 0.05) is 31.7 Å². The highest BCUT2D eigenvalue weighted by atomic mass is 127. The smallest absolute Gasteiger partial charge is 0.405 e. The number of piperidine rings is 1. The van der Waals surface area contributed by atoms with Crippen LogP contribution >= 0.6 is 22.6 Å². The number of halogens is 4. The second-order valence-electron chi connectivity index (χ2n) is 7.66. The number of nitrogens with one attached hydrogen (secondary N) is 2. The highest BCUT2D eigenvalue weighted by Crippen LogP contribution is 2.28. The summed E-state index contributed by atoms with van der Waals surface area (Å²) in [5, 5.41) is 26.7. The van der Waals surface area contributed by atoms with Crippen LogP contribution in [0.3, 0.4) is 0 Å². The zero-order chi connectivity index (χ0) is 23.8. The minimum Gasteiger partial charge on any atom is -0.405 e. The summed E-state index contributed by atoms with van der Waals surface area (Å²) in [5.74, 6) is 0.819. The summed E-state index contributed by atoms with van der Waals surface area (Å²) in [6.45, 7) is 1.69. The molecule has 0 spiro atoms. The van der Waals surface area contributed by atoms with Crippen LogP contribution in [0.5, 0.6) is 5.75 Å². The first kappa shape index (κ1) is 25.3. The Hall–Kier alpha value is -2.37. The van der Waals surface area contributed by atoms with Gasteiger partial charge >= 0.3 is 6.36 Å². The Morgan fingerprint density at radius 2 is 2.06 bits per heavy atom. The van der Waals surface area contributed by atoms with E-state index in [0.717, 1.165) is 17.3 Å². The molecule has 33 heavy (non-hydrogen) atoms. The van der Waals surface area contributed by atoms with Gasteiger partial charge in [-0.25, -0.2) is 4.98 Å². The first-order chi connectivity index (χ1) is 15.8. The number of rotatable bonds is 9. The van der Waals surface area contributed by atoms with E-state index in [1.54, 1.807) is 6.07 Å². The summed E-state index contributed by atoms with van der Waals surface area (Å²) in [6, 6.07) is 7.84. The SMILES string of the molecule is N#Cc1cnc(NCc2ccccc2OC(F)(F)F)nc1NCC1CN(O)CCC1CCI. The number of alkyl halides is 4. The van der Waals surface area contributed by atoms with Crippen molar-refractivity contribution < 1.29 is 23.1 Å². The average Bonchev–Trinajstić information content (AvgIpc) is 2.77. The predicted octanol–water partition coefficient (Wildman–Crippen LogP) is 4.42. The fraction of sp³-hybridized carbons (Fsp3) is 0.476. The molecule has 1 aromatic heterocycles. The summed E-state index contributed by atoms with van der Waals surface area (Å²) in [6.07, 6.45) is -1.50. The van der Waals surface area contributed by atoms with E-state index in [0.29, 0.717) is 31.4 Å². The van der Waals surface area contributed by atoms with Crippen molar-refractivity contribution in [2.24, 2.45) is 11.8 Å². The van der Waals surface area contributed by atoms with Crippen molar-refractivity contribution in [3.63, 3.8) is 0 Å². The first-order valence-electron chi connectivity index (χ1n) is 10.4. The molecular weight excluding hydrogens is 552 g/mol. The second-order valence-corrected chi connectivity index (χ2v) is 8.74. The molecular formula is C21H24F3IN6O2. The quantitative estimate of drug-likeness (QED) is 0.298. The topological polar surface area (TPSA) is 106 Å². The van der Waals surface area contributed by atoms with E-state index in [9.17, 15) is 23.6 Å². The molecule has 1 fully saturated rings. The minimum atomic E-state index is -4.80. The monoisotopic (exact) mass is 576 g/mol. The maximum Gasteiger partial charge on any atom is 0.573 e. The van der Waals surface area contributed by atoms with Gasteiger partial charge in [-0.3, -0.25) is 0 Å². The molecule has 12 heteroatoms. The van der Waals surface area contributed by atoms with Gasteiger partial charge in [-0.1, -0.05) is 40.8 Å². The van der Waals surface area contributed by atoms with Crippen LogP contribution < -0.4 is 15.4 Å². The number of anilines is 2. The van der Waals surface area contributed by atoms with Crippen LogP contribution in [-0.2, 0) is 6.54 Å². The van der Waals surface area contributed by atoms with E-state index >= 15 is 0 Å². The van der Waals surface area contributed by atoms with Gasteiger partial charge in [-0.05, 0) is 35.2 Å². The van der Waals surface area contributed by atoms with Gasteiger partial charge in [-0.2, -0.15) is 15.3 Å². The van der Waals surface area contributed by atoms with E-state index in [1.807, 2.05) is 6.07 Å². The average molecular weight is 576 g/mol. The van der Waals surface area contributed by atoms with E-state index in [4.69, 9.17) is 0 Å². The molecule has 1 aromatic carbocycles. The lowest BCUT2D eigenvalue weighted by atomic mass is 9.84. The molecule has 1 aliphatic rings. The summed E-state index contributed by atoms with van der Waals surface area (Å²) < 4.78 is 43.0. The molecule has 0 bridgehead atoms. The standard InChI is InChI=1S/C21H24F3IN6O2/c22-21(23,24)33-18-4-2-1-3-15(18)10-28-20-29-11-16(9-26)19(30-20)27-12-17-13-31(32)8-6-14(17)5-7-25/h1-4,11,14,17,32H,5-8,10,12-13H2,(H2,27,28,29,30). The molecule has 2 heterocycles.